The summed E-state index contributed by atoms with van der Waals surface area (Å²) in [5.74, 6) is -1.55. The van der Waals surface area contributed by atoms with E-state index in [0.29, 0.717) is 16.4 Å². The number of anilines is 4. The Morgan fingerprint density at radius 2 is 1.90 bits per heavy atom. The number of fused-ring (bicyclic) bond motifs is 1. The summed E-state index contributed by atoms with van der Waals surface area (Å²) >= 11 is 5.89. The highest BCUT2D eigenvalue weighted by Gasteiger charge is 2.35. The molecule has 0 spiro atoms. The number of aromatic nitrogens is 2. The maximum Gasteiger partial charge on any atom is 0.258 e. The van der Waals surface area contributed by atoms with E-state index in [1.807, 2.05) is 25.1 Å². The number of rotatable bonds is 5. The summed E-state index contributed by atoms with van der Waals surface area (Å²) in [6.45, 7) is 1.98. The molecule has 8 nitrogen and oxygen atoms in total. The van der Waals surface area contributed by atoms with Crippen LogP contribution in [0.5, 0.6) is 0 Å². The summed E-state index contributed by atoms with van der Waals surface area (Å²) < 4.78 is 0. The molecule has 9 heteroatoms. The Bertz CT molecular complexity index is 1210. The Kier molecular flexibility index (Phi) is 5.73. The van der Waals surface area contributed by atoms with Crippen molar-refractivity contribution in [3.63, 3.8) is 0 Å². The van der Waals surface area contributed by atoms with Gasteiger partial charge in [-0.25, -0.2) is 0 Å². The van der Waals surface area contributed by atoms with Crippen LogP contribution < -0.4 is 21.5 Å². The number of aromatic amines is 1. The maximum atomic E-state index is 13.0. The third kappa shape index (κ3) is 4.44. The first-order chi connectivity index (χ1) is 14.9. The Morgan fingerprint density at radius 1 is 1.16 bits per heavy atom. The molecule has 0 radical (unpaired) electrons. The molecule has 158 valence electrons. The van der Waals surface area contributed by atoms with Crippen LogP contribution >= 0.6 is 11.6 Å². The number of nitrogens with zero attached hydrogens (tertiary/aromatic N) is 1. The number of hydrogen-bond donors (Lipinski definition) is 4. The van der Waals surface area contributed by atoms with Crippen molar-refractivity contribution in [2.45, 2.75) is 25.7 Å². The third-order valence-corrected chi connectivity index (χ3v) is 5.28. The van der Waals surface area contributed by atoms with Crippen LogP contribution in [0, 0.1) is 0 Å². The molecule has 0 bridgehead atoms. The number of amides is 2. The molecule has 1 atom stereocenters. The highest BCUT2D eigenvalue weighted by atomic mass is 35.5. The summed E-state index contributed by atoms with van der Waals surface area (Å²) in [6.07, 6.45) is 0.599. The molecule has 1 aromatic heterocycles. The molecule has 0 aliphatic carbocycles. The lowest BCUT2D eigenvalue weighted by molar-refractivity contribution is -0.123. The van der Waals surface area contributed by atoms with Crippen LogP contribution in [0.15, 0.2) is 53.3 Å². The number of hydrogen-bond acceptors (Lipinski definition) is 5. The fourth-order valence-electron chi connectivity index (χ4n) is 3.49. The zero-order chi connectivity index (χ0) is 22.0. The van der Waals surface area contributed by atoms with Crippen LogP contribution in [0.4, 0.5) is 23.1 Å². The molecule has 0 fully saturated rings. The lowest BCUT2D eigenvalue weighted by atomic mass is 9.92. The number of carbonyl (C=O) groups is 2. The molecule has 4 rings (SSSR count). The predicted octanol–water partition coefficient (Wildman–Crippen LogP) is 3.79. The standard InChI is InChI=1S/C22H20ClN5O3/c1-2-12-5-3-4-6-16(12)25-20(30)15-11-17(29)26-19-18(15)21(31)28-22(27-19)24-14-9-7-13(23)8-10-14/h3-10,15H,2,11H2,1H3,(H,25,30)(H3,24,26,27,28,29,31)/t15-/m1/s1. The van der Waals surface area contributed by atoms with Crippen LogP contribution in [-0.2, 0) is 16.0 Å². The van der Waals surface area contributed by atoms with Crippen molar-refractivity contribution >= 4 is 46.6 Å². The van der Waals surface area contributed by atoms with Crippen molar-refractivity contribution in [2.24, 2.45) is 0 Å². The Labute approximate surface area is 183 Å². The van der Waals surface area contributed by atoms with Crippen molar-refractivity contribution < 1.29 is 9.59 Å². The second kappa shape index (κ2) is 8.61. The number of aryl methyl sites for hydroxylation is 1. The van der Waals surface area contributed by atoms with E-state index in [4.69, 9.17) is 11.6 Å². The Hall–Kier alpha value is -3.65. The van der Waals surface area contributed by atoms with Gasteiger partial charge in [-0.2, -0.15) is 4.98 Å². The van der Waals surface area contributed by atoms with Gasteiger partial charge in [0.25, 0.3) is 5.56 Å². The predicted molar refractivity (Wildman–Crippen MR) is 120 cm³/mol. The Balaban J connectivity index is 1.64. The van der Waals surface area contributed by atoms with Crippen molar-refractivity contribution in [1.29, 1.82) is 0 Å². The van der Waals surface area contributed by atoms with Crippen LogP contribution in [0.2, 0.25) is 5.02 Å². The van der Waals surface area contributed by atoms with E-state index in [1.54, 1.807) is 30.3 Å². The quantitative estimate of drug-likeness (QED) is 0.484. The van der Waals surface area contributed by atoms with Gasteiger partial charge in [0.2, 0.25) is 17.8 Å². The molecular formula is C22H20ClN5O3. The Morgan fingerprint density at radius 3 is 2.65 bits per heavy atom. The first kappa shape index (κ1) is 20.6. The van der Waals surface area contributed by atoms with Gasteiger partial charge in [0.1, 0.15) is 5.82 Å². The summed E-state index contributed by atoms with van der Waals surface area (Å²) in [7, 11) is 0. The van der Waals surface area contributed by atoms with E-state index in [-0.39, 0.29) is 29.7 Å². The molecule has 2 heterocycles. The van der Waals surface area contributed by atoms with Gasteiger partial charge in [-0.05, 0) is 42.3 Å². The van der Waals surface area contributed by atoms with E-state index >= 15 is 0 Å². The zero-order valence-corrected chi connectivity index (χ0v) is 17.4. The summed E-state index contributed by atoms with van der Waals surface area (Å²) in [4.78, 5) is 45.0. The average Bonchev–Trinajstić information content (AvgIpc) is 2.75. The number of para-hydroxylation sites is 1. The van der Waals surface area contributed by atoms with E-state index in [9.17, 15) is 14.4 Å². The topological polar surface area (TPSA) is 116 Å². The fraction of sp³-hybridized carbons (Fsp3) is 0.182. The monoisotopic (exact) mass is 437 g/mol. The number of benzene rings is 2. The smallest absolute Gasteiger partial charge is 0.258 e. The van der Waals surface area contributed by atoms with Crippen LogP contribution in [0.3, 0.4) is 0 Å². The van der Waals surface area contributed by atoms with E-state index < -0.39 is 17.4 Å². The second-order valence-corrected chi connectivity index (χ2v) is 7.55. The maximum absolute atomic E-state index is 13.0. The number of halogens is 1. The van der Waals surface area contributed by atoms with Crippen LogP contribution in [0.25, 0.3) is 0 Å². The minimum atomic E-state index is -0.950. The molecule has 2 amide bonds. The summed E-state index contributed by atoms with van der Waals surface area (Å²) in [5, 5.41) is 8.98. The van der Waals surface area contributed by atoms with Crippen LogP contribution in [0.1, 0.15) is 30.4 Å². The molecule has 0 saturated heterocycles. The molecule has 1 aliphatic heterocycles. The van der Waals surface area contributed by atoms with Gasteiger partial charge < -0.3 is 16.0 Å². The van der Waals surface area contributed by atoms with Gasteiger partial charge in [-0.1, -0.05) is 36.7 Å². The van der Waals surface area contributed by atoms with Crippen molar-refractivity contribution in [1.82, 2.24) is 9.97 Å². The molecule has 2 aromatic carbocycles. The third-order valence-electron chi connectivity index (χ3n) is 5.03. The lowest BCUT2D eigenvalue weighted by Crippen LogP contribution is -2.36. The SMILES string of the molecule is CCc1ccccc1NC(=O)[C@@H]1CC(=O)Nc2nc(Nc3ccc(Cl)cc3)[nH]c(=O)c21. The average molecular weight is 438 g/mol. The lowest BCUT2D eigenvalue weighted by Gasteiger charge is -2.24. The second-order valence-electron chi connectivity index (χ2n) is 7.11. The van der Waals surface area contributed by atoms with Crippen LogP contribution in [-0.4, -0.2) is 21.8 Å². The van der Waals surface area contributed by atoms with E-state index in [0.717, 1.165) is 12.0 Å². The van der Waals surface area contributed by atoms with Crippen molar-refractivity contribution in [3.8, 4) is 0 Å². The highest BCUT2D eigenvalue weighted by molar-refractivity contribution is 6.30. The minimum Gasteiger partial charge on any atom is -0.326 e. The normalized spacial score (nSPS) is 15.0. The van der Waals surface area contributed by atoms with Gasteiger partial charge in [-0.15, -0.1) is 0 Å². The molecule has 31 heavy (non-hydrogen) atoms. The molecule has 3 aromatic rings. The van der Waals surface area contributed by atoms with Gasteiger partial charge in [0.05, 0.1) is 11.5 Å². The number of carbonyl (C=O) groups excluding carboxylic acids is 2. The van der Waals surface area contributed by atoms with Gasteiger partial charge >= 0.3 is 0 Å². The number of nitrogens with one attached hydrogen (secondary N) is 4. The van der Waals surface area contributed by atoms with Gasteiger partial charge in [0.15, 0.2) is 0 Å². The van der Waals surface area contributed by atoms with E-state index in [1.165, 1.54) is 0 Å². The first-order valence-corrected chi connectivity index (χ1v) is 10.2. The van der Waals surface area contributed by atoms with Gasteiger partial charge in [0, 0.05) is 22.8 Å². The molecule has 0 unspecified atom stereocenters. The fourth-order valence-corrected chi connectivity index (χ4v) is 3.62. The molecule has 0 saturated carbocycles. The zero-order valence-electron chi connectivity index (χ0n) is 16.7. The van der Waals surface area contributed by atoms with Crippen molar-refractivity contribution in [2.75, 3.05) is 16.0 Å². The van der Waals surface area contributed by atoms with Crippen molar-refractivity contribution in [3.05, 3.63) is 75.0 Å². The molecule has 1 aliphatic rings. The molecule has 4 N–H and O–H groups in total. The van der Waals surface area contributed by atoms with E-state index in [2.05, 4.69) is 25.9 Å². The minimum absolute atomic E-state index is 0.0698. The van der Waals surface area contributed by atoms with Gasteiger partial charge in [-0.3, -0.25) is 19.4 Å². The first-order valence-electron chi connectivity index (χ1n) is 9.80. The number of H-pyrrole nitrogens is 1. The summed E-state index contributed by atoms with van der Waals surface area (Å²) in [5.41, 5.74) is 1.91. The highest BCUT2D eigenvalue weighted by Crippen LogP contribution is 2.30. The molecular weight excluding hydrogens is 418 g/mol. The largest absolute Gasteiger partial charge is 0.326 e. The summed E-state index contributed by atoms with van der Waals surface area (Å²) in [6, 6.07) is 14.3.